The molecule has 0 fully saturated rings. The molecule has 0 aromatic heterocycles. The Hall–Kier alpha value is -2.85. The Bertz CT molecular complexity index is 930. The van der Waals surface area contributed by atoms with Gasteiger partial charge in [-0.15, -0.1) is 0 Å². The van der Waals surface area contributed by atoms with Crippen molar-refractivity contribution in [3.05, 3.63) is 71.3 Å². The lowest BCUT2D eigenvalue weighted by Crippen LogP contribution is -2.28. The molecule has 1 amide bonds. The summed E-state index contributed by atoms with van der Waals surface area (Å²) in [6.45, 7) is 2.93. The lowest BCUT2D eigenvalue weighted by Gasteiger charge is -2.26. The van der Waals surface area contributed by atoms with Crippen molar-refractivity contribution < 1.29 is 9.53 Å². The molecule has 2 aliphatic rings. The number of benzene rings is 2. The van der Waals surface area contributed by atoms with Gasteiger partial charge in [-0.05, 0) is 47.7 Å². The van der Waals surface area contributed by atoms with E-state index in [0.29, 0.717) is 6.42 Å². The van der Waals surface area contributed by atoms with Crippen LogP contribution in [0.2, 0.25) is 0 Å². The number of aryl methyl sites for hydroxylation is 1. The van der Waals surface area contributed by atoms with E-state index in [1.54, 1.807) is 7.11 Å². The van der Waals surface area contributed by atoms with E-state index in [4.69, 9.17) is 4.74 Å². The fraction of sp³-hybridized carbons (Fsp3) is 0.292. The van der Waals surface area contributed by atoms with Crippen LogP contribution in [-0.2, 0) is 11.2 Å². The molecule has 4 heteroatoms. The molecular formula is C24H26N2O2. The second-order valence-electron chi connectivity index (χ2n) is 7.31. The van der Waals surface area contributed by atoms with E-state index in [1.807, 2.05) is 18.2 Å². The summed E-state index contributed by atoms with van der Waals surface area (Å²) in [5, 5.41) is 2.93. The van der Waals surface area contributed by atoms with Crippen molar-refractivity contribution in [2.75, 3.05) is 32.1 Å². The highest BCUT2D eigenvalue weighted by Crippen LogP contribution is 2.30. The van der Waals surface area contributed by atoms with E-state index in [2.05, 4.69) is 52.7 Å². The van der Waals surface area contributed by atoms with Crippen molar-refractivity contribution in [3.63, 3.8) is 0 Å². The maximum atomic E-state index is 11.5. The van der Waals surface area contributed by atoms with Gasteiger partial charge in [0.25, 0.3) is 0 Å². The van der Waals surface area contributed by atoms with Crippen LogP contribution in [0.1, 0.15) is 29.5 Å². The summed E-state index contributed by atoms with van der Waals surface area (Å²) in [7, 11) is 1.73. The first kappa shape index (κ1) is 18.5. The average molecular weight is 374 g/mol. The van der Waals surface area contributed by atoms with Gasteiger partial charge in [-0.25, -0.2) is 0 Å². The molecule has 0 atom stereocenters. The Morgan fingerprint density at radius 2 is 2.04 bits per heavy atom. The van der Waals surface area contributed by atoms with Gasteiger partial charge >= 0.3 is 0 Å². The number of rotatable bonds is 5. The van der Waals surface area contributed by atoms with E-state index in [0.717, 1.165) is 43.9 Å². The standard InChI is InChI=1S/C24H26N2O2/c1-28-23-7-3-2-6-21(23)19-12-15-26(16-13-19)14-4-5-18-8-10-22-20(17-18)9-11-24(27)25-22/h2-8,10,12,17H,9,11,13-16H2,1H3,(H,25,27)/b5-4+. The Morgan fingerprint density at radius 3 is 2.86 bits per heavy atom. The molecule has 0 radical (unpaired) electrons. The molecule has 0 unspecified atom stereocenters. The number of hydrogen-bond acceptors (Lipinski definition) is 3. The van der Waals surface area contributed by atoms with E-state index < -0.39 is 0 Å². The van der Waals surface area contributed by atoms with Gasteiger partial charge in [-0.1, -0.05) is 42.5 Å². The summed E-state index contributed by atoms with van der Waals surface area (Å²) in [5.74, 6) is 1.06. The quantitative estimate of drug-likeness (QED) is 0.844. The highest BCUT2D eigenvalue weighted by Gasteiger charge is 2.15. The van der Waals surface area contributed by atoms with Crippen molar-refractivity contribution in [1.82, 2.24) is 4.90 Å². The predicted molar refractivity (Wildman–Crippen MR) is 114 cm³/mol. The number of carbonyl (C=O) groups excluding carboxylic acids is 1. The van der Waals surface area contributed by atoms with Gasteiger partial charge < -0.3 is 10.1 Å². The maximum Gasteiger partial charge on any atom is 0.224 e. The third kappa shape index (κ3) is 4.18. The first-order valence-electron chi connectivity index (χ1n) is 9.87. The zero-order valence-electron chi connectivity index (χ0n) is 16.3. The number of ether oxygens (including phenoxy) is 1. The minimum Gasteiger partial charge on any atom is -0.496 e. The third-order valence-electron chi connectivity index (χ3n) is 5.44. The van der Waals surface area contributed by atoms with Gasteiger partial charge in [-0.3, -0.25) is 9.69 Å². The van der Waals surface area contributed by atoms with Gasteiger partial charge in [-0.2, -0.15) is 0 Å². The SMILES string of the molecule is COc1ccccc1C1=CCN(C/C=C/c2ccc3c(c2)CCC(=O)N3)CC1. The normalized spacial score (nSPS) is 17.2. The smallest absolute Gasteiger partial charge is 0.224 e. The van der Waals surface area contributed by atoms with Gasteiger partial charge in [0, 0.05) is 37.3 Å². The molecule has 2 aromatic carbocycles. The molecule has 0 bridgehead atoms. The highest BCUT2D eigenvalue weighted by atomic mass is 16.5. The summed E-state index contributed by atoms with van der Waals surface area (Å²) >= 11 is 0. The molecule has 2 heterocycles. The van der Waals surface area contributed by atoms with Crippen molar-refractivity contribution in [2.45, 2.75) is 19.3 Å². The first-order chi connectivity index (χ1) is 13.7. The summed E-state index contributed by atoms with van der Waals surface area (Å²) in [6, 6.07) is 14.5. The molecule has 0 saturated carbocycles. The largest absolute Gasteiger partial charge is 0.496 e. The summed E-state index contributed by atoms with van der Waals surface area (Å²) in [6.07, 6.45) is 9.16. The Balaban J connectivity index is 1.35. The molecular weight excluding hydrogens is 348 g/mol. The van der Waals surface area contributed by atoms with Crippen LogP contribution in [0, 0.1) is 0 Å². The molecule has 144 valence electrons. The Kier molecular flexibility index (Phi) is 5.58. The van der Waals surface area contributed by atoms with Crippen LogP contribution < -0.4 is 10.1 Å². The molecule has 2 aliphatic heterocycles. The van der Waals surface area contributed by atoms with E-state index in [9.17, 15) is 4.79 Å². The second-order valence-corrected chi connectivity index (χ2v) is 7.31. The van der Waals surface area contributed by atoms with Crippen LogP contribution in [0.4, 0.5) is 5.69 Å². The molecule has 0 spiro atoms. The topological polar surface area (TPSA) is 41.6 Å². The van der Waals surface area contributed by atoms with E-state index in [-0.39, 0.29) is 5.91 Å². The van der Waals surface area contributed by atoms with E-state index in [1.165, 1.54) is 22.3 Å². The maximum absolute atomic E-state index is 11.5. The molecule has 1 N–H and O–H groups in total. The van der Waals surface area contributed by atoms with Gasteiger partial charge in [0.1, 0.15) is 5.75 Å². The first-order valence-corrected chi connectivity index (χ1v) is 9.87. The average Bonchev–Trinajstić information content (AvgIpc) is 2.74. The fourth-order valence-electron chi connectivity index (χ4n) is 3.88. The summed E-state index contributed by atoms with van der Waals surface area (Å²) in [4.78, 5) is 13.9. The number of carbonyl (C=O) groups is 1. The molecule has 4 nitrogen and oxygen atoms in total. The third-order valence-corrected chi connectivity index (χ3v) is 5.44. The fourth-order valence-corrected chi connectivity index (χ4v) is 3.88. The van der Waals surface area contributed by atoms with Crippen molar-refractivity contribution in [3.8, 4) is 5.75 Å². The lowest BCUT2D eigenvalue weighted by atomic mass is 9.98. The van der Waals surface area contributed by atoms with Gasteiger partial charge in [0.15, 0.2) is 0 Å². The summed E-state index contributed by atoms with van der Waals surface area (Å²) in [5.41, 5.74) is 5.95. The van der Waals surface area contributed by atoms with Crippen LogP contribution in [0.15, 0.2) is 54.6 Å². The zero-order valence-corrected chi connectivity index (χ0v) is 16.3. The van der Waals surface area contributed by atoms with Gasteiger partial charge in [0.2, 0.25) is 5.91 Å². The number of nitrogens with zero attached hydrogens (tertiary/aromatic N) is 1. The number of amides is 1. The minimum atomic E-state index is 0.112. The molecule has 0 aliphatic carbocycles. The lowest BCUT2D eigenvalue weighted by molar-refractivity contribution is -0.116. The monoisotopic (exact) mass is 374 g/mol. The van der Waals surface area contributed by atoms with Crippen LogP contribution in [0.3, 0.4) is 0 Å². The Labute approximate surface area is 166 Å². The van der Waals surface area contributed by atoms with Crippen LogP contribution in [0.25, 0.3) is 11.6 Å². The molecule has 0 saturated heterocycles. The van der Waals surface area contributed by atoms with Crippen molar-refractivity contribution in [1.29, 1.82) is 0 Å². The number of methoxy groups -OCH3 is 1. The number of hydrogen-bond donors (Lipinski definition) is 1. The number of para-hydroxylation sites is 1. The van der Waals surface area contributed by atoms with Crippen molar-refractivity contribution in [2.24, 2.45) is 0 Å². The van der Waals surface area contributed by atoms with Gasteiger partial charge in [0.05, 0.1) is 7.11 Å². The van der Waals surface area contributed by atoms with Crippen LogP contribution in [-0.4, -0.2) is 37.6 Å². The minimum absolute atomic E-state index is 0.112. The molecule has 4 rings (SSSR count). The van der Waals surface area contributed by atoms with E-state index >= 15 is 0 Å². The molecule has 2 aromatic rings. The summed E-state index contributed by atoms with van der Waals surface area (Å²) < 4.78 is 5.50. The number of fused-ring (bicyclic) bond motifs is 1. The number of anilines is 1. The molecule has 28 heavy (non-hydrogen) atoms. The van der Waals surface area contributed by atoms with Crippen LogP contribution >= 0.6 is 0 Å². The number of nitrogens with one attached hydrogen (secondary N) is 1. The van der Waals surface area contributed by atoms with Crippen molar-refractivity contribution >= 4 is 23.2 Å². The predicted octanol–water partition coefficient (Wildman–Crippen LogP) is 4.38. The zero-order chi connectivity index (χ0) is 19.3. The highest BCUT2D eigenvalue weighted by molar-refractivity contribution is 5.94. The second kappa shape index (κ2) is 8.44. The van der Waals surface area contributed by atoms with Crippen LogP contribution in [0.5, 0.6) is 5.75 Å². The Morgan fingerprint density at radius 1 is 1.14 bits per heavy atom.